The molecule has 0 bridgehead atoms. The van der Waals surface area contributed by atoms with Crippen molar-refractivity contribution < 1.29 is 9.53 Å². The van der Waals surface area contributed by atoms with E-state index in [4.69, 9.17) is 14.7 Å². The highest BCUT2D eigenvalue weighted by molar-refractivity contribution is 6.05. The molecular weight excluding hydrogens is 414 g/mol. The number of amides is 1. The summed E-state index contributed by atoms with van der Waals surface area (Å²) in [6.45, 7) is 5.68. The fourth-order valence-corrected chi connectivity index (χ4v) is 4.89. The van der Waals surface area contributed by atoms with Gasteiger partial charge in [-0.1, -0.05) is 42.0 Å². The molecule has 4 aromatic rings. The molecule has 6 rings (SSSR count). The van der Waals surface area contributed by atoms with E-state index in [0.29, 0.717) is 25.6 Å². The Kier molecular flexibility index (Phi) is 4.66. The van der Waals surface area contributed by atoms with Crippen LogP contribution in [0, 0.1) is 6.92 Å². The number of carbonyl (C=O) groups is 1. The highest BCUT2D eigenvalue weighted by Crippen LogP contribution is 2.41. The van der Waals surface area contributed by atoms with Gasteiger partial charge in [0.15, 0.2) is 11.6 Å². The summed E-state index contributed by atoms with van der Waals surface area (Å²) in [6.07, 6.45) is 3.73. The van der Waals surface area contributed by atoms with E-state index >= 15 is 0 Å². The Bertz CT molecular complexity index is 1350. The summed E-state index contributed by atoms with van der Waals surface area (Å²) in [6, 6.07) is 15.9. The number of nitrogens with one attached hydrogen (secondary N) is 1. The lowest BCUT2D eigenvalue weighted by molar-refractivity contribution is -0.123. The monoisotopic (exact) mass is 439 g/mol. The van der Waals surface area contributed by atoms with Crippen molar-refractivity contribution in [2.75, 3.05) is 29.6 Å². The number of hydrogen-bond acceptors (Lipinski definition) is 5. The summed E-state index contributed by atoms with van der Waals surface area (Å²) in [5.41, 5.74) is 5.02. The number of ether oxygens (including phenoxy) is 1. The van der Waals surface area contributed by atoms with Gasteiger partial charge in [-0.3, -0.25) is 9.69 Å². The zero-order valence-electron chi connectivity index (χ0n) is 18.7. The quantitative estimate of drug-likeness (QED) is 0.517. The summed E-state index contributed by atoms with van der Waals surface area (Å²) in [4.78, 5) is 30.6. The van der Waals surface area contributed by atoms with Gasteiger partial charge in [0.2, 0.25) is 0 Å². The van der Waals surface area contributed by atoms with Crippen LogP contribution in [0.3, 0.4) is 0 Å². The van der Waals surface area contributed by atoms with Crippen molar-refractivity contribution in [2.24, 2.45) is 0 Å². The number of nitrogens with zero attached hydrogens (tertiary/aromatic N) is 4. The number of hydrogen-bond donors (Lipinski definition) is 1. The summed E-state index contributed by atoms with van der Waals surface area (Å²) >= 11 is 0. The second kappa shape index (κ2) is 7.71. The number of morpholine rings is 1. The zero-order chi connectivity index (χ0) is 22.5. The lowest BCUT2D eigenvalue weighted by Crippen LogP contribution is -2.59. The molecule has 2 aliphatic heterocycles. The highest BCUT2D eigenvalue weighted by Gasteiger charge is 2.43. The van der Waals surface area contributed by atoms with Crippen molar-refractivity contribution in [2.45, 2.75) is 25.9 Å². The van der Waals surface area contributed by atoms with Crippen LogP contribution in [-0.2, 0) is 9.53 Å². The highest BCUT2D eigenvalue weighted by atomic mass is 16.5. The lowest BCUT2D eigenvalue weighted by atomic mass is 10.0. The maximum Gasteiger partial charge on any atom is 0.252 e. The number of anilines is 2. The molecule has 0 saturated carbocycles. The number of benzene rings is 2. The van der Waals surface area contributed by atoms with Crippen molar-refractivity contribution in [1.82, 2.24) is 15.0 Å². The molecule has 1 fully saturated rings. The second-order valence-electron chi connectivity index (χ2n) is 8.73. The first kappa shape index (κ1) is 19.9. The molecule has 2 unspecified atom stereocenters. The van der Waals surface area contributed by atoms with Crippen LogP contribution in [0.4, 0.5) is 11.5 Å². The maximum atomic E-state index is 13.6. The van der Waals surface area contributed by atoms with Gasteiger partial charge >= 0.3 is 0 Å². The summed E-state index contributed by atoms with van der Waals surface area (Å²) in [5, 5.41) is 1.08. The Labute approximate surface area is 192 Å². The summed E-state index contributed by atoms with van der Waals surface area (Å²) in [7, 11) is 0. The van der Waals surface area contributed by atoms with Crippen LogP contribution in [0.5, 0.6) is 0 Å². The number of aryl methyl sites for hydroxylation is 1. The molecule has 0 aliphatic carbocycles. The summed E-state index contributed by atoms with van der Waals surface area (Å²) in [5.74, 6) is 1.47. The fraction of sp³-hybridized carbons (Fsp3) is 0.269. The molecule has 2 aromatic heterocycles. The van der Waals surface area contributed by atoms with Crippen LogP contribution >= 0.6 is 0 Å². The van der Waals surface area contributed by atoms with Gasteiger partial charge in [-0.2, -0.15) is 0 Å². The van der Waals surface area contributed by atoms with Crippen molar-refractivity contribution in [3.05, 3.63) is 72.1 Å². The molecule has 2 aliphatic rings. The SMILES string of the molecule is Cc1ccc(C(C)N2C(=O)C3COCCN3c3nc(-c4cccc5[nH]ccc45)ncc32)cc1. The van der Waals surface area contributed by atoms with Crippen LogP contribution in [0.25, 0.3) is 22.3 Å². The minimum Gasteiger partial charge on any atom is -0.377 e. The van der Waals surface area contributed by atoms with Crippen LogP contribution in [0.15, 0.2) is 60.9 Å². The molecule has 33 heavy (non-hydrogen) atoms. The third-order valence-corrected chi connectivity index (χ3v) is 6.72. The average Bonchev–Trinajstić information content (AvgIpc) is 3.34. The second-order valence-corrected chi connectivity index (χ2v) is 8.73. The molecule has 7 heteroatoms. The summed E-state index contributed by atoms with van der Waals surface area (Å²) < 4.78 is 5.70. The van der Waals surface area contributed by atoms with Gasteiger partial charge < -0.3 is 14.6 Å². The third-order valence-electron chi connectivity index (χ3n) is 6.72. The van der Waals surface area contributed by atoms with Gasteiger partial charge in [-0.25, -0.2) is 9.97 Å². The minimum absolute atomic E-state index is 0.0272. The lowest BCUT2D eigenvalue weighted by Gasteiger charge is -2.45. The molecule has 166 valence electrons. The maximum absolute atomic E-state index is 13.6. The van der Waals surface area contributed by atoms with E-state index in [1.165, 1.54) is 5.56 Å². The minimum atomic E-state index is -0.384. The number of aromatic nitrogens is 3. The van der Waals surface area contributed by atoms with Crippen molar-refractivity contribution in [3.63, 3.8) is 0 Å². The normalized spacial score (nSPS) is 18.8. The number of aromatic amines is 1. The van der Waals surface area contributed by atoms with E-state index in [0.717, 1.165) is 33.5 Å². The molecule has 1 N–H and O–H groups in total. The first-order valence-electron chi connectivity index (χ1n) is 11.3. The van der Waals surface area contributed by atoms with E-state index in [1.807, 2.05) is 35.4 Å². The van der Waals surface area contributed by atoms with Gasteiger partial charge in [0.1, 0.15) is 11.7 Å². The molecule has 2 atom stereocenters. The molecule has 4 heterocycles. The van der Waals surface area contributed by atoms with E-state index in [-0.39, 0.29) is 18.0 Å². The molecule has 2 aromatic carbocycles. The molecular formula is C26H25N5O2. The number of carbonyl (C=O) groups excluding carboxylic acids is 1. The Balaban J connectivity index is 1.49. The van der Waals surface area contributed by atoms with Gasteiger partial charge in [-0.15, -0.1) is 0 Å². The predicted octanol–water partition coefficient (Wildman–Crippen LogP) is 4.25. The average molecular weight is 440 g/mol. The standard InChI is InChI=1S/C26H25N5O2/c1-16-6-8-18(9-7-16)17(2)31-22-14-28-24(20-4-3-5-21-19(20)10-11-27-21)29-25(22)30-12-13-33-15-23(30)26(31)32/h3-11,14,17,23,27H,12-13,15H2,1-2H3. The Hall–Kier alpha value is -3.71. The Morgan fingerprint density at radius 1 is 1.15 bits per heavy atom. The molecule has 0 spiro atoms. The molecule has 1 amide bonds. The smallest absolute Gasteiger partial charge is 0.252 e. The largest absolute Gasteiger partial charge is 0.377 e. The first-order valence-corrected chi connectivity index (χ1v) is 11.3. The van der Waals surface area contributed by atoms with Crippen molar-refractivity contribution >= 4 is 28.3 Å². The Morgan fingerprint density at radius 2 is 2.00 bits per heavy atom. The van der Waals surface area contributed by atoms with Crippen LogP contribution in [0.2, 0.25) is 0 Å². The van der Waals surface area contributed by atoms with Crippen LogP contribution in [-0.4, -0.2) is 46.7 Å². The fourth-order valence-electron chi connectivity index (χ4n) is 4.89. The van der Waals surface area contributed by atoms with Crippen molar-refractivity contribution in [1.29, 1.82) is 0 Å². The Morgan fingerprint density at radius 3 is 2.85 bits per heavy atom. The zero-order valence-corrected chi connectivity index (χ0v) is 18.7. The number of fused-ring (bicyclic) bond motifs is 4. The van der Waals surface area contributed by atoms with Gasteiger partial charge in [-0.05, 0) is 31.5 Å². The number of H-pyrrole nitrogens is 1. The van der Waals surface area contributed by atoms with Crippen LogP contribution in [0.1, 0.15) is 24.1 Å². The van der Waals surface area contributed by atoms with E-state index in [2.05, 4.69) is 48.0 Å². The molecule has 7 nitrogen and oxygen atoms in total. The van der Waals surface area contributed by atoms with Gasteiger partial charge in [0.25, 0.3) is 5.91 Å². The topological polar surface area (TPSA) is 74.3 Å². The van der Waals surface area contributed by atoms with E-state index < -0.39 is 0 Å². The van der Waals surface area contributed by atoms with Gasteiger partial charge in [0.05, 0.1) is 25.5 Å². The third kappa shape index (κ3) is 3.19. The molecule has 1 saturated heterocycles. The molecule has 0 radical (unpaired) electrons. The van der Waals surface area contributed by atoms with E-state index in [1.54, 1.807) is 6.20 Å². The van der Waals surface area contributed by atoms with Crippen LogP contribution < -0.4 is 9.80 Å². The number of rotatable bonds is 3. The van der Waals surface area contributed by atoms with E-state index in [9.17, 15) is 4.79 Å². The van der Waals surface area contributed by atoms with Gasteiger partial charge in [0, 0.05) is 29.2 Å². The van der Waals surface area contributed by atoms with Crippen molar-refractivity contribution in [3.8, 4) is 11.4 Å². The predicted molar refractivity (Wildman–Crippen MR) is 128 cm³/mol. The first-order chi connectivity index (χ1) is 16.1.